The molecule has 1 saturated heterocycles. The maximum atomic E-state index is 14.2. The van der Waals surface area contributed by atoms with E-state index < -0.39 is 31.5 Å². The van der Waals surface area contributed by atoms with Gasteiger partial charge in [0.25, 0.3) is 5.91 Å². The smallest absolute Gasteiger partial charge is 0.264 e. The Morgan fingerprint density at radius 1 is 1.08 bits per heavy atom. The first kappa shape index (κ1) is 32.3. The highest BCUT2D eigenvalue weighted by molar-refractivity contribution is 6.71. The lowest BCUT2D eigenvalue weighted by Crippen LogP contribution is -2.48. The van der Waals surface area contributed by atoms with Crippen LogP contribution in [-0.4, -0.2) is 71.6 Å². The highest BCUT2D eigenvalue weighted by Crippen LogP contribution is 2.59. The molecule has 10 nitrogen and oxygen atoms in total. The van der Waals surface area contributed by atoms with Crippen LogP contribution in [0.4, 0.5) is 11.4 Å². The van der Waals surface area contributed by atoms with Crippen molar-refractivity contribution in [2.24, 2.45) is 5.92 Å². The van der Waals surface area contributed by atoms with Crippen molar-refractivity contribution in [3.05, 3.63) is 95.2 Å². The van der Waals surface area contributed by atoms with Gasteiger partial charge in [-0.2, -0.15) is 0 Å². The molecule has 0 saturated carbocycles. The first-order chi connectivity index (χ1) is 22.9. The van der Waals surface area contributed by atoms with Crippen LogP contribution in [0, 0.1) is 5.92 Å². The molecule has 3 aromatic carbocycles. The number of hydrogen-bond donors (Lipinski definition) is 4. The van der Waals surface area contributed by atoms with Crippen LogP contribution in [0.2, 0.25) is 18.6 Å². The monoisotopic (exact) mass is 666 g/mol. The molecule has 4 N–H and O–H groups in total. The van der Waals surface area contributed by atoms with Gasteiger partial charge in [0.2, 0.25) is 11.8 Å². The summed E-state index contributed by atoms with van der Waals surface area (Å²) in [5, 5.41) is 14.2. The van der Waals surface area contributed by atoms with Crippen LogP contribution >= 0.6 is 0 Å². The van der Waals surface area contributed by atoms with E-state index in [1.165, 1.54) is 0 Å². The fraction of sp³-hybridized carbons (Fsp3) is 0.378. The van der Waals surface area contributed by atoms with Crippen molar-refractivity contribution in [1.29, 1.82) is 0 Å². The lowest BCUT2D eigenvalue weighted by molar-refractivity contribution is -0.150. The summed E-state index contributed by atoms with van der Waals surface area (Å²) in [6, 6.07) is 20.8. The zero-order valence-corrected chi connectivity index (χ0v) is 28.7. The Morgan fingerprint density at radius 2 is 1.81 bits per heavy atom. The minimum atomic E-state index is -3.00. The number of carbonyl (C=O) groups excluding carboxylic acids is 3. The molecule has 3 aliphatic heterocycles. The number of likely N-dealkylation sites (N-methyl/N-ethyl adjacent to an activating group) is 1. The van der Waals surface area contributed by atoms with Gasteiger partial charge in [-0.3, -0.25) is 14.4 Å². The number of para-hydroxylation sites is 1. The van der Waals surface area contributed by atoms with Gasteiger partial charge in [-0.05, 0) is 60.5 Å². The largest absolute Gasteiger partial charge is 0.432 e. The number of aromatic nitrogens is 1. The zero-order valence-electron chi connectivity index (χ0n) is 27.7. The Bertz CT molecular complexity index is 1920. The van der Waals surface area contributed by atoms with Gasteiger partial charge in [-0.1, -0.05) is 49.4 Å². The maximum Gasteiger partial charge on any atom is 0.264 e. The van der Waals surface area contributed by atoms with E-state index in [1.807, 2.05) is 80.8 Å². The van der Waals surface area contributed by atoms with Gasteiger partial charge >= 0.3 is 0 Å². The molecular weight excluding hydrogens is 625 g/mol. The lowest BCUT2D eigenvalue weighted by Gasteiger charge is -2.37. The van der Waals surface area contributed by atoms with Crippen molar-refractivity contribution >= 4 is 48.3 Å². The fourth-order valence-electron chi connectivity index (χ4n) is 8.45. The number of benzene rings is 3. The summed E-state index contributed by atoms with van der Waals surface area (Å²) >= 11 is 0. The predicted octanol–water partition coefficient (Wildman–Crippen LogP) is 4.46. The average Bonchev–Trinajstić information content (AvgIpc) is 3.67. The Hall–Kier alpha value is -4.29. The summed E-state index contributed by atoms with van der Waals surface area (Å²) in [6.07, 6.45) is 1.82. The van der Waals surface area contributed by atoms with Gasteiger partial charge in [0.05, 0.1) is 37.3 Å². The number of aromatic amines is 1. The predicted molar refractivity (Wildman–Crippen MR) is 186 cm³/mol. The number of fused-ring (bicyclic) bond motifs is 4. The normalized spacial score (nSPS) is 25.1. The number of anilines is 2. The number of H-pyrrole nitrogens is 1. The molecule has 1 aromatic heterocycles. The molecule has 3 aliphatic rings. The third-order valence-electron chi connectivity index (χ3n) is 10.7. The third-order valence-corrected chi connectivity index (χ3v) is 13.2. The van der Waals surface area contributed by atoms with Crippen LogP contribution in [0.1, 0.15) is 35.6 Å². The van der Waals surface area contributed by atoms with Crippen molar-refractivity contribution in [3.8, 4) is 0 Å². The molecule has 1 fully saturated rings. The zero-order chi connectivity index (χ0) is 34.0. The summed E-state index contributed by atoms with van der Waals surface area (Å²) in [7, 11) is -1.30. The summed E-state index contributed by atoms with van der Waals surface area (Å²) < 4.78 is 6.82. The molecule has 48 heavy (non-hydrogen) atoms. The van der Waals surface area contributed by atoms with Gasteiger partial charge < -0.3 is 34.7 Å². The summed E-state index contributed by atoms with van der Waals surface area (Å²) in [5.41, 5.74) is 3.95. The highest BCUT2D eigenvalue weighted by Gasteiger charge is 2.66. The van der Waals surface area contributed by atoms with E-state index in [0.717, 1.165) is 27.6 Å². The van der Waals surface area contributed by atoms with Gasteiger partial charge in [0, 0.05) is 53.4 Å². The Morgan fingerprint density at radius 3 is 2.56 bits per heavy atom. The maximum absolute atomic E-state index is 14.2. The molecule has 250 valence electrons. The summed E-state index contributed by atoms with van der Waals surface area (Å²) in [5.74, 6) is -1.09. The van der Waals surface area contributed by atoms with E-state index in [1.54, 1.807) is 29.0 Å². The number of carbonyl (C=O) groups is 3. The quantitative estimate of drug-likeness (QED) is 0.215. The summed E-state index contributed by atoms with van der Waals surface area (Å²) in [6.45, 7) is 5.79. The molecular formula is C37H42N4O6Si. The molecule has 3 amide bonds. The molecule has 5 atom stereocenters. The molecule has 0 unspecified atom stereocenters. The molecule has 11 heteroatoms. The molecule has 4 aromatic rings. The van der Waals surface area contributed by atoms with E-state index >= 15 is 0 Å². The van der Waals surface area contributed by atoms with Gasteiger partial charge in [0.15, 0.2) is 13.9 Å². The Balaban J connectivity index is 1.17. The second kappa shape index (κ2) is 12.0. The van der Waals surface area contributed by atoms with Crippen molar-refractivity contribution in [3.63, 3.8) is 0 Å². The minimum absolute atomic E-state index is 0.0280. The van der Waals surface area contributed by atoms with Gasteiger partial charge in [-0.15, -0.1) is 0 Å². The third kappa shape index (κ3) is 5.25. The van der Waals surface area contributed by atoms with Gasteiger partial charge in [0.1, 0.15) is 0 Å². The van der Waals surface area contributed by atoms with E-state index in [2.05, 4.69) is 10.3 Å². The van der Waals surface area contributed by atoms with Gasteiger partial charge in [-0.25, -0.2) is 0 Å². The van der Waals surface area contributed by atoms with Crippen LogP contribution in [0.25, 0.3) is 10.9 Å². The van der Waals surface area contributed by atoms with E-state index in [4.69, 9.17) is 4.74 Å². The topological polar surface area (TPSA) is 135 Å². The molecule has 0 radical (unpaired) electrons. The highest BCUT2D eigenvalue weighted by atomic mass is 28.4. The minimum Gasteiger partial charge on any atom is -0.432 e. The number of ether oxygens (including phenoxy) is 1. The molecule has 0 bridgehead atoms. The standard InChI is InChI=1S/C37H42N4O6Si/c1-22-35(48(3,4)46)32(18-34(44)41-20-24-10-6-5-9-23(24)15-27(41)21-42)47-37(22)29-17-26(13-14-31(29)40(2)36(37)45)39-33(43)16-25-19-38-30-12-8-7-11-28(25)30/h5-14,17,19,22,27,32,35,38,42,46H,15-16,18,20-21H2,1-4H3,(H,39,43)/t22-,27-,32+,35-,37+/m0/s1. The molecule has 7 rings (SSSR count). The van der Waals surface area contributed by atoms with E-state index in [9.17, 15) is 24.3 Å². The number of nitrogens with one attached hydrogen (secondary N) is 2. The van der Waals surface area contributed by atoms with Crippen molar-refractivity contribution in [2.75, 3.05) is 23.9 Å². The van der Waals surface area contributed by atoms with E-state index in [0.29, 0.717) is 29.9 Å². The first-order valence-electron chi connectivity index (χ1n) is 16.6. The Labute approximate surface area is 280 Å². The number of aliphatic hydroxyl groups is 1. The molecule has 4 heterocycles. The Kier molecular flexibility index (Phi) is 8.06. The number of rotatable bonds is 7. The lowest BCUT2D eigenvalue weighted by atomic mass is 9.82. The van der Waals surface area contributed by atoms with E-state index in [-0.39, 0.29) is 43.2 Å². The first-order valence-corrected chi connectivity index (χ1v) is 19.6. The van der Waals surface area contributed by atoms with Crippen LogP contribution in [0.3, 0.4) is 0 Å². The fourth-order valence-corrected chi connectivity index (χ4v) is 11.0. The number of nitrogens with zero attached hydrogens (tertiary/aromatic N) is 2. The van der Waals surface area contributed by atoms with Crippen molar-refractivity contribution < 1.29 is 29.0 Å². The van der Waals surface area contributed by atoms with Crippen molar-refractivity contribution in [1.82, 2.24) is 9.88 Å². The SMILES string of the molecule is C[C@H]1[C@H]([Si](C)(C)O)[C@@H](CC(=O)N2Cc3ccccc3C[C@H]2CO)O[C@]12C(=O)N(C)c1ccc(NC(=O)Cc3c[nH]c4ccccc34)cc12. The molecule has 1 spiro atoms. The summed E-state index contributed by atoms with van der Waals surface area (Å²) in [4.78, 5) is 59.6. The number of amides is 3. The van der Waals surface area contributed by atoms with Crippen LogP contribution in [-0.2, 0) is 44.1 Å². The van der Waals surface area contributed by atoms with Crippen LogP contribution in [0.15, 0.2) is 72.9 Å². The number of hydrogen-bond acceptors (Lipinski definition) is 6. The second-order valence-electron chi connectivity index (χ2n) is 14.1. The molecule has 0 aliphatic carbocycles. The van der Waals surface area contributed by atoms with Crippen molar-refractivity contribution in [2.45, 2.75) is 69.1 Å². The average molecular weight is 667 g/mol. The second-order valence-corrected chi connectivity index (χ2v) is 18.0. The number of aliphatic hydroxyl groups excluding tert-OH is 1. The van der Waals surface area contributed by atoms with Crippen LogP contribution in [0.5, 0.6) is 0 Å². The van der Waals surface area contributed by atoms with Crippen LogP contribution < -0.4 is 10.2 Å².